The minimum Gasteiger partial charge on any atom is -0.463 e. The lowest BCUT2D eigenvalue weighted by atomic mass is 9.89. The summed E-state index contributed by atoms with van der Waals surface area (Å²) in [4.78, 5) is 24.6. The van der Waals surface area contributed by atoms with Gasteiger partial charge in [-0.2, -0.15) is 0 Å². The molecular formula is C53H35N5O. The minimum atomic E-state index is 0.627. The predicted molar refractivity (Wildman–Crippen MR) is 237 cm³/mol. The van der Waals surface area contributed by atoms with Crippen molar-refractivity contribution in [3.05, 3.63) is 213 Å². The highest BCUT2D eigenvalue weighted by atomic mass is 16.3. The van der Waals surface area contributed by atoms with Crippen LogP contribution < -0.4 is 0 Å². The maximum atomic E-state index is 5.74. The van der Waals surface area contributed by atoms with Gasteiger partial charge in [-0.3, -0.25) is 0 Å². The van der Waals surface area contributed by atoms with E-state index in [0.29, 0.717) is 29.1 Å². The van der Waals surface area contributed by atoms with Crippen LogP contribution >= 0.6 is 0 Å². The molecule has 0 aliphatic rings. The lowest BCUT2D eigenvalue weighted by molar-refractivity contribution is 0.580. The SMILES string of the molecule is c1ccc(-c2nc(-c3ccc(-c4ccccc4-c4ccccc4-c4ccc(-c5nc(-c6ccccc6)nc(-c6ccccc6)n5)cc4)cc3)cc(-c3ccco3)n2)cc1. The van der Waals surface area contributed by atoms with E-state index in [1.54, 1.807) is 6.26 Å². The highest BCUT2D eigenvalue weighted by Gasteiger charge is 2.16. The molecule has 10 rings (SSSR count). The van der Waals surface area contributed by atoms with Gasteiger partial charge in [0.1, 0.15) is 5.69 Å². The molecule has 278 valence electrons. The topological polar surface area (TPSA) is 77.6 Å². The molecule has 0 aliphatic carbocycles. The van der Waals surface area contributed by atoms with Crippen molar-refractivity contribution in [1.29, 1.82) is 0 Å². The van der Waals surface area contributed by atoms with Crippen LogP contribution in [0.25, 0.3) is 102 Å². The maximum absolute atomic E-state index is 5.74. The quantitative estimate of drug-likeness (QED) is 0.146. The highest BCUT2D eigenvalue weighted by Crippen LogP contribution is 2.39. The Kier molecular flexibility index (Phi) is 9.47. The molecule has 0 N–H and O–H groups in total. The molecular weight excluding hydrogens is 723 g/mol. The fraction of sp³-hybridized carbons (Fsp3) is 0. The first kappa shape index (κ1) is 35.3. The summed E-state index contributed by atoms with van der Waals surface area (Å²) >= 11 is 0. The minimum absolute atomic E-state index is 0.627. The maximum Gasteiger partial charge on any atom is 0.164 e. The average molecular weight is 758 g/mol. The molecule has 3 heterocycles. The molecule has 59 heavy (non-hydrogen) atoms. The standard InChI is InChI=1S/C53H35N5O/c1-4-15-39(16-5-1)50-54-47(35-48(55-50)49-25-14-34-59-49)38-30-26-36(27-31-38)43-21-10-12-23-45(43)46-24-13-11-22-44(46)37-28-32-42(33-29-37)53-57-51(40-17-6-2-7-18-40)56-52(58-53)41-19-8-3-9-20-41/h1-35H. The molecule has 0 unspecified atom stereocenters. The van der Waals surface area contributed by atoms with Crippen molar-refractivity contribution in [2.24, 2.45) is 0 Å². The summed E-state index contributed by atoms with van der Waals surface area (Å²) in [7, 11) is 0. The van der Waals surface area contributed by atoms with Crippen molar-refractivity contribution < 1.29 is 4.42 Å². The first-order valence-corrected chi connectivity index (χ1v) is 19.5. The summed E-state index contributed by atoms with van der Waals surface area (Å²) in [6.07, 6.45) is 1.67. The van der Waals surface area contributed by atoms with Gasteiger partial charge in [-0.15, -0.1) is 0 Å². The second-order valence-corrected chi connectivity index (χ2v) is 14.1. The summed E-state index contributed by atoms with van der Waals surface area (Å²) in [6.45, 7) is 0. The monoisotopic (exact) mass is 757 g/mol. The van der Waals surface area contributed by atoms with Gasteiger partial charge in [0.2, 0.25) is 0 Å². The normalized spacial score (nSPS) is 11.1. The van der Waals surface area contributed by atoms with E-state index in [4.69, 9.17) is 29.3 Å². The van der Waals surface area contributed by atoms with Gasteiger partial charge in [-0.05, 0) is 51.6 Å². The molecule has 7 aromatic carbocycles. The number of benzene rings is 7. The highest BCUT2D eigenvalue weighted by molar-refractivity contribution is 5.92. The van der Waals surface area contributed by atoms with Crippen LogP contribution in [0.4, 0.5) is 0 Å². The molecule has 0 saturated heterocycles. The summed E-state index contributed by atoms with van der Waals surface area (Å²) in [5.41, 5.74) is 13.1. The van der Waals surface area contributed by atoms with E-state index in [-0.39, 0.29) is 0 Å². The summed E-state index contributed by atoms with van der Waals surface area (Å²) in [5, 5.41) is 0. The van der Waals surface area contributed by atoms with Crippen molar-refractivity contribution in [2.45, 2.75) is 0 Å². The first-order chi connectivity index (χ1) is 29.2. The van der Waals surface area contributed by atoms with Crippen LogP contribution in [-0.2, 0) is 0 Å². The first-order valence-electron chi connectivity index (χ1n) is 19.5. The van der Waals surface area contributed by atoms with Crippen LogP contribution in [0, 0.1) is 0 Å². The molecule has 0 amide bonds. The van der Waals surface area contributed by atoms with Gasteiger partial charge in [-0.1, -0.05) is 188 Å². The smallest absolute Gasteiger partial charge is 0.164 e. The van der Waals surface area contributed by atoms with Gasteiger partial charge < -0.3 is 4.42 Å². The van der Waals surface area contributed by atoms with Gasteiger partial charge >= 0.3 is 0 Å². The molecule has 0 atom stereocenters. The molecule has 0 spiro atoms. The number of aromatic nitrogens is 5. The van der Waals surface area contributed by atoms with Crippen LogP contribution in [-0.4, -0.2) is 24.9 Å². The van der Waals surface area contributed by atoms with E-state index in [2.05, 4.69) is 97.1 Å². The van der Waals surface area contributed by atoms with Gasteiger partial charge in [-0.25, -0.2) is 24.9 Å². The molecule has 0 saturated carbocycles. The molecule has 0 bridgehead atoms. The van der Waals surface area contributed by atoms with Crippen molar-refractivity contribution in [1.82, 2.24) is 24.9 Å². The lowest BCUT2D eigenvalue weighted by Crippen LogP contribution is -2.00. The summed E-state index contributed by atoms with van der Waals surface area (Å²) in [5.74, 6) is 3.25. The second-order valence-electron chi connectivity index (χ2n) is 14.1. The molecule has 0 aliphatic heterocycles. The fourth-order valence-electron chi connectivity index (χ4n) is 7.36. The van der Waals surface area contributed by atoms with E-state index in [1.807, 2.05) is 109 Å². The molecule has 10 aromatic rings. The Balaban J connectivity index is 0.985. The summed E-state index contributed by atoms with van der Waals surface area (Å²) in [6, 6.07) is 70.2. The second kappa shape index (κ2) is 15.8. The third-order valence-electron chi connectivity index (χ3n) is 10.3. The number of furan rings is 1. The molecule has 6 heteroatoms. The Bertz CT molecular complexity index is 2950. The van der Waals surface area contributed by atoms with E-state index < -0.39 is 0 Å². The number of hydrogen-bond donors (Lipinski definition) is 0. The van der Waals surface area contributed by atoms with Crippen LogP contribution in [0.3, 0.4) is 0 Å². The van der Waals surface area contributed by atoms with Crippen molar-refractivity contribution in [3.8, 4) is 102 Å². The van der Waals surface area contributed by atoms with Crippen LogP contribution in [0.5, 0.6) is 0 Å². The van der Waals surface area contributed by atoms with Gasteiger partial charge in [0.05, 0.1) is 12.0 Å². The van der Waals surface area contributed by atoms with Crippen molar-refractivity contribution >= 4 is 0 Å². The molecule has 6 nitrogen and oxygen atoms in total. The van der Waals surface area contributed by atoms with Crippen LogP contribution in [0.1, 0.15) is 0 Å². The van der Waals surface area contributed by atoms with E-state index in [9.17, 15) is 0 Å². The van der Waals surface area contributed by atoms with Gasteiger partial charge in [0.25, 0.3) is 0 Å². The van der Waals surface area contributed by atoms with E-state index in [1.165, 1.54) is 0 Å². The number of rotatable bonds is 9. The zero-order valence-electron chi connectivity index (χ0n) is 31.9. The lowest BCUT2D eigenvalue weighted by Gasteiger charge is -2.15. The Morgan fingerprint density at radius 3 is 1.05 bits per heavy atom. The predicted octanol–water partition coefficient (Wildman–Crippen LogP) is 13.3. The third-order valence-corrected chi connectivity index (χ3v) is 10.3. The van der Waals surface area contributed by atoms with Gasteiger partial charge in [0.15, 0.2) is 29.1 Å². The molecule has 0 fully saturated rings. The molecule has 0 radical (unpaired) electrons. The zero-order chi connectivity index (χ0) is 39.4. The Morgan fingerprint density at radius 2 is 0.610 bits per heavy atom. The Morgan fingerprint density at radius 1 is 0.254 bits per heavy atom. The zero-order valence-corrected chi connectivity index (χ0v) is 31.9. The fourth-order valence-corrected chi connectivity index (χ4v) is 7.36. The van der Waals surface area contributed by atoms with Crippen LogP contribution in [0.15, 0.2) is 217 Å². The molecule has 3 aromatic heterocycles. The Hall–Kier alpha value is -8.09. The van der Waals surface area contributed by atoms with Crippen LogP contribution in [0.2, 0.25) is 0 Å². The summed E-state index contributed by atoms with van der Waals surface area (Å²) < 4.78 is 5.74. The Labute approximate surface area is 342 Å². The van der Waals surface area contributed by atoms with E-state index in [0.717, 1.165) is 72.6 Å². The van der Waals surface area contributed by atoms with Crippen molar-refractivity contribution in [2.75, 3.05) is 0 Å². The largest absolute Gasteiger partial charge is 0.463 e. The number of hydrogen-bond acceptors (Lipinski definition) is 6. The average Bonchev–Trinajstić information content (AvgIpc) is 3.88. The van der Waals surface area contributed by atoms with Gasteiger partial charge in [0, 0.05) is 27.8 Å². The third kappa shape index (κ3) is 7.34. The number of nitrogens with zero attached hydrogens (tertiary/aromatic N) is 5. The van der Waals surface area contributed by atoms with E-state index >= 15 is 0 Å². The van der Waals surface area contributed by atoms with Crippen molar-refractivity contribution in [3.63, 3.8) is 0 Å².